The molecule has 2 fully saturated rings. The molecule has 0 bridgehead atoms. The topological polar surface area (TPSA) is 45.3 Å². The molecule has 0 amide bonds. The summed E-state index contributed by atoms with van der Waals surface area (Å²) in [6, 6.07) is 0.422. The van der Waals surface area contributed by atoms with Gasteiger partial charge in [0.2, 0.25) is 0 Å². The lowest BCUT2D eigenvalue weighted by atomic mass is 9.80. The molecule has 116 valence electrons. The zero-order chi connectivity index (χ0) is 14.8. The van der Waals surface area contributed by atoms with Crippen LogP contribution in [0.25, 0.3) is 0 Å². The van der Waals surface area contributed by atoms with Crippen molar-refractivity contribution < 1.29 is 4.74 Å². The largest absolute Gasteiger partial charge is 0.376 e. The highest BCUT2D eigenvalue weighted by atomic mass is 32.1. The molecule has 5 heteroatoms. The molecule has 0 aromatic heterocycles. The van der Waals surface area contributed by atoms with E-state index in [-0.39, 0.29) is 11.1 Å². The van der Waals surface area contributed by atoms with Crippen molar-refractivity contribution in [3.63, 3.8) is 0 Å². The molecule has 0 aromatic carbocycles. The van der Waals surface area contributed by atoms with Gasteiger partial charge in [0.25, 0.3) is 0 Å². The van der Waals surface area contributed by atoms with Crippen molar-refractivity contribution in [2.75, 3.05) is 13.2 Å². The summed E-state index contributed by atoms with van der Waals surface area (Å²) in [5.41, 5.74) is 0.285. The zero-order valence-electron chi connectivity index (χ0n) is 13.2. The Morgan fingerprint density at radius 2 is 1.90 bits per heavy atom. The molecule has 2 saturated heterocycles. The Morgan fingerprint density at radius 1 is 1.25 bits per heavy atom. The molecule has 0 unspecified atom stereocenters. The van der Waals surface area contributed by atoms with E-state index in [2.05, 4.69) is 43.6 Å². The van der Waals surface area contributed by atoms with Gasteiger partial charge in [0.1, 0.15) is 0 Å². The molecule has 2 heterocycles. The highest BCUT2D eigenvalue weighted by Gasteiger charge is 2.37. The third-order valence-corrected chi connectivity index (χ3v) is 4.30. The van der Waals surface area contributed by atoms with E-state index in [4.69, 9.17) is 17.0 Å². The van der Waals surface area contributed by atoms with E-state index in [9.17, 15) is 0 Å². The third kappa shape index (κ3) is 4.86. The summed E-state index contributed by atoms with van der Waals surface area (Å²) in [7, 11) is 0. The second-order valence-electron chi connectivity index (χ2n) is 7.49. The summed E-state index contributed by atoms with van der Waals surface area (Å²) >= 11 is 5.42. The van der Waals surface area contributed by atoms with Crippen LogP contribution < -0.4 is 16.0 Å². The van der Waals surface area contributed by atoms with Gasteiger partial charge in [0.15, 0.2) is 5.11 Å². The fraction of sp³-hybridized carbons (Fsp3) is 0.933. The second-order valence-corrected chi connectivity index (χ2v) is 7.90. The van der Waals surface area contributed by atoms with E-state index in [0.717, 1.165) is 37.5 Å². The average molecular weight is 299 g/mol. The number of piperidine rings is 1. The Bertz CT molecular complexity index is 335. The van der Waals surface area contributed by atoms with Crippen LogP contribution in [0.1, 0.15) is 53.4 Å². The minimum atomic E-state index is 0.142. The van der Waals surface area contributed by atoms with Crippen molar-refractivity contribution in [2.45, 2.75) is 76.6 Å². The molecule has 3 N–H and O–H groups in total. The summed E-state index contributed by atoms with van der Waals surface area (Å²) in [6.07, 6.45) is 4.80. The lowest BCUT2D eigenvalue weighted by molar-refractivity contribution is 0.113. The number of hydrogen-bond donors (Lipinski definition) is 3. The average Bonchev–Trinajstić information content (AvgIpc) is 2.74. The van der Waals surface area contributed by atoms with Crippen LogP contribution in [0.5, 0.6) is 0 Å². The highest BCUT2D eigenvalue weighted by Crippen LogP contribution is 2.28. The molecule has 1 atom stereocenters. The number of rotatable bonds is 3. The van der Waals surface area contributed by atoms with E-state index < -0.39 is 0 Å². The molecule has 2 aliphatic rings. The minimum Gasteiger partial charge on any atom is -0.376 e. The molecule has 2 aliphatic heterocycles. The Hall–Kier alpha value is -0.390. The van der Waals surface area contributed by atoms with E-state index >= 15 is 0 Å². The summed E-state index contributed by atoms with van der Waals surface area (Å²) in [5.74, 6) is 0. The Balaban J connectivity index is 1.78. The summed E-state index contributed by atoms with van der Waals surface area (Å²) in [4.78, 5) is 0. The highest BCUT2D eigenvalue weighted by molar-refractivity contribution is 7.80. The van der Waals surface area contributed by atoms with Crippen LogP contribution >= 0.6 is 12.2 Å². The van der Waals surface area contributed by atoms with Crippen molar-refractivity contribution in [3.05, 3.63) is 0 Å². The molecular weight excluding hydrogens is 270 g/mol. The first kappa shape index (κ1) is 16.0. The lowest BCUT2D eigenvalue weighted by Gasteiger charge is -2.46. The van der Waals surface area contributed by atoms with Crippen molar-refractivity contribution in [1.82, 2.24) is 16.0 Å². The first-order valence-corrected chi connectivity index (χ1v) is 8.12. The number of thiocarbonyl (C=S) groups is 1. The quantitative estimate of drug-likeness (QED) is 0.695. The maximum atomic E-state index is 5.60. The first-order valence-electron chi connectivity index (χ1n) is 7.71. The van der Waals surface area contributed by atoms with Gasteiger partial charge >= 0.3 is 0 Å². The molecule has 20 heavy (non-hydrogen) atoms. The van der Waals surface area contributed by atoms with E-state index in [1.807, 2.05) is 0 Å². The van der Waals surface area contributed by atoms with E-state index in [1.54, 1.807) is 0 Å². The van der Waals surface area contributed by atoms with Crippen molar-refractivity contribution in [3.8, 4) is 0 Å². The van der Waals surface area contributed by atoms with Crippen LogP contribution in [0, 0.1) is 0 Å². The minimum absolute atomic E-state index is 0.142. The fourth-order valence-electron chi connectivity index (χ4n) is 3.67. The second kappa shape index (κ2) is 6.16. The van der Waals surface area contributed by atoms with Gasteiger partial charge in [-0.3, -0.25) is 0 Å². The lowest BCUT2D eigenvalue weighted by Crippen LogP contribution is -2.62. The van der Waals surface area contributed by atoms with Crippen LogP contribution in [0.3, 0.4) is 0 Å². The zero-order valence-corrected chi connectivity index (χ0v) is 14.0. The molecule has 2 rings (SSSR count). The predicted octanol–water partition coefficient (Wildman–Crippen LogP) is 1.94. The smallest absolute Gasteiger partial charge is 0.166 e. The van der Waals surface area contributed by atoms with Gasteiger partial charge in [-0.2, -0.15) is 0 Å². The Morgan fingerprint density at radius 3 is 2.45 bits per heavy atom. The monoisotopic (exact) mass is 299 g/mol. The van der Waals surface area contributed by atoms with Gasteiger partial charge in [0.05, 0.1) is 6.10 Å². The van der Waals surface area contributed by atoms with Gasteiger partial charge in [0, 0.05) is 30.3 Å². The van der Waals surface area contributed by atoms with Crippen LogP contribution in [-0.4, -0.2) is 41.5 Å². The van der Waals surface area contributed by atoms with Crippen molar-refractivity contribution >= 4 is 17.3 Å². The first-order chi connectivity index (χ1) is 9.26. The van der Waals surface area contributed by atoms with Crippen molar-refractivity contribution in [1.29, 1.82) is 0 Å². The standard InChI is InChI=1S/C15H29N3OS/c1-14(2)8-11(9-15(3,4)18-14)17-13(20)16-10-12-6-5-7-19-12/h11-12,18H,5-10H2,1-4H3,(H2,16,17,20)/t12-/m1/s1. The Labute approximate surface area is 128 Å². The van der Waals surface area contributed by atoms with Crippen LogP contribution in [-0.2, 0) is 4.74 Å². The molecule has 0 radical (unpaired) electrons. The van der Waals surface area contributed by atoms with Gasteiger partial charge in [-0.1, -0.05) is 0 Å². The van der Waals surface area contributed by atoms with E-state index in [0.29, 0.717) is 12.1 Å². The molecule has 0 aromatic rings. The fourth-order valence-corrected chi connectivity index (χ4v) is 3.92. The van der Waals surface area contributed by atoms with Gasteiger partial charge in [-0.25, -0.2) is 0 Å². The van der Waals surface area contributed by atoms with Crippen LogP contribution in [0.4, 0.5) is 0 Å². The van der Waals surface area contributed by atoms with Crippen molar-refractivity contribution in [2.24, 2.45) is 0 Å². The summed E-state index contributed by atoms with van der Waals surface area (Å²) in [6.45, 7) is 10.7. The number of ether oxygens (including phenoxy) is 1. The predicted molar refractivity (Wildman–Crippen MR) is 87.0 cm³/mol. The van der Waals surface area contributed by atoms with Crippen LogP contribution in [0.2, 0.25) is 0 Å². The SMILES string of the molecule is CC1(C)CC(NC(=S)NC[C@H]2CCCO2)CC(C)(C)N1. The molecule has 0 spiro atoms. The normalized spacial score (nSPS) is 29.1. The summed E-state index contributed by atoms with van der Waals surface area (Å²) in [5, 5.41) is 11.2. The van der Waals surface area contributed by atoms with Gasteiger partial charge in [-0.05, 0) is 65.6 Å². The van der Waals surface area contributed by atoms with Crippen LogP contribution in [0.15, 0.2) is 0 Å². The number of nitrogens with one attached hydrogen (secondary N) is 3. The third-order valence-electron chi connectivity index (χ3n) is 4.04. The van der Waals surface area contributed by atoms with E-state index in [1.165, 1.54) is 6.42 Å². The molecular formula is C15H29N3OS. The number of hydrogen-bond acceptors (Lipinski definition) is 3. The van der Waals surface area contributed by atoms with Gasteiger partial charge in [-0.15, -0.1) is 0 Å². The molecule has 4 nitrogen and oxygen atoms in total. The summed E-state index contributed by atoms with van der Waals surface area (Å²) < 4.78 is 5.60. The molecule has 0 aliphatic carbocycles. The molecule has 0 saturated carbocycles. The maximum Gasteiger partial charge on any atom is 0.166 e. The van der Waals surface area contributed by atoms with Gasteiger partial charge < -0.3 is 20.7 Å². The Kier molecular flexibility index (Phi) is 4.92. The maximum absolute atomic E-state index is 5.60.